The number of nitrogens with zero attached hydrogens (tertiary/aromatic N) is 1. The highest BCUT2D eigenvalue weighted by molar-refractivity contribution is 6.32. The largest absolute Gasteiger partial charge is 0.452 e. The van der Waals surface area contributed by atoms with Gasteiger partial charge in [-0.15, -0.1) is 0 Å². The number of anilines is 1. The molecule has 140 valence electrons. The summed E-state index contributed by atoms with van der Waals surface area (Å²) in [5.41, 5.74) is 1.05. The lowest BCUT2D eigenvalue weighted by molar-refractivity contribution is -0.119. The van der Waals surface area contributed by atoms with Crippen molar-refractivity contribution in [1.82, 2.24) is 4.98 Å². The lowest BCUT2D eigenvalue weighted by atomic mass is 9.98. The molecule has 0 spiro atoms. The first-order valence-electron chi connectivity index (χ1n) is 8.32. The molecule has 3 rings (SSSR count). The number of hydrogen-bond donors (Lipinski definition) is 1. The van der Waals surface area contributed by atoms with Crippen LogP contribution in [-0.2, 0) is 9.53 Å². The summed E-state index contributed by atoms with van der Waals surface area (Å²) in [5.74, 6) is -1.65. The number of halogens is 1. The van der Waals surface area contributed by atoms with Crippen LogP contribution in [0.2, 0.25) is 5.15 Å². The van der Waals surface area contributed by atoms with Crippen LogP contribution >= 0.6 is 11.6 Å². The van der Waals surface area contributed by atoms with Gasteiger partial charge >= 0.3 is 5.97 Å². The molecule has 1 N–H and O–H groups in total. The Bertz CT molecular complexity index is 1020. The first kappa shape index (κ1) is 19.3. The maximum atomic E-state index is 12.7. The van der Waals surface area contributed by atoms with Crippen LogP contribution in [0.4, 0.5) is 5.69 Å². The van der Waals surface area contributed by atoms with Crippen LogP contribution in [0, 0.1) is 0 Å². The van der Waals surface area contributed by atoms with Crippen molar-refractivity contribution in [1.29, 1.82) is 0 Å². The number of esters is 1. The number of ketones is 1. The molecule has 0 aliphatic heterocycles. The van der Waals surface area contributed by atoms with Crippen molar-refractivity contribution in [3.63, 3.8) is 0 Å². The number of ether oxygens (including phenoxy) is 1. The van der Waals surface area contributed by atoms with Gasteiger partial charge in [-0.1, -0.05) is 60.1 Å². The second-order valence-corrected chi connectivity index (χ2v) is 6.06. The van der Waals surface area contributed by atoms with E-state index in [0.29, 0.717) is 11.3 Å². The van der Waals surface area contributed by atoms with E-state index in [0.717, 1.165) is 0 Å². The Morgan fingerprint density at radius 2 is 1.57 bits per heavy atom. The van der Waals surface area contributed by atoms with Gasteiger partial charge in [-0.2, -0.15) is 0 Å². The lowest BCUT2D eigenvalue weighted by Gasteiger charge is -2.10. The Morgan fingerprint density at radius 3 is 2.29 bits per heavy atom. The molecule has 0 saturated carbocycles. The highest BCUT2D eigenvalue weighted by Crippen LogP contribution is 2.18. The minimum atomic E-state index is -0.771. The Balaban J connectivity index is 1.69. The van der Waals surface area contributed by atoms with E-state index in [-0.39, 0.29) is 22.1 Å². The maximum absolute atomic E-state index is 12.7. The van der Waals surface area contributed by atoms with Crippen molar-refractivity contribution in [3.05, 3.63) is 94.8 Å². The Kier molecular flexibility index (Phi) is 6.14. The van der Waals surface area contributed by atoms with E-state index in [1.165, 1.54) is 12.3 Å². The van der Waals surface area contributed by atoms with E-state index in [1.807, 2.05) is 0 Å². The molecule has 2 aromatic carbocycles. The molecule has 0 aliphatic rings. The molecular weight excluding hydrogens is 380 g/mol. The summed E-state index contributed by atoms with van der Waals surface area (Å²) < 4.78 is 5.06. The van der Waals surface area contributed by atoms with Gasteiger partial charge in [0.05, 0.1) is 11.3 Å². The number of carbonyl (C=O) groups excluding carboxylic acids is 3. The van der Waals surface area contributed by atoms with Crippen LogP contribution in [0.5, 0.6) is 0 Å². The quantitative estimate of drug-likeness (QED) is 0.391. The molecular formula is C21H15ClN2O4. The van der Waals surface area contributed by atoms with Crippen molar-refractivity contribution in [2.24, 2.45) is 0 Å². The second kappa shape index (κ2) is 8.92. The van der Waals surface area contributed by atoms with Crippen molar-refractivity contribution in [2.75, 3.05) is 11.9 Å². The molecule has 3 aromatic rings. The zero-order chi connectivity index (χ0) is 19.9. The second-order valence-electron chi connectivity index (χ2n) is 5.71. The summed E-state index contributed by atoms with van der Waals surface area (Å²) in [6.07, 6.45) is 1.48. The van der Waals surface area contributed by atoms with Crippen LogP contribution < -0.4 is 5.32 Å². The topological polar surface area (TPSA) is 85.4 Å². The average Bonchev–Trinajstić information content (AvgIpc) is 2.74. The van der Waals surface area contributed by atoms with Gasteiger partial charge in [0.15, 0.2) is 17.5 Å². The molecule has 6 nitrogen and oxygen atoms in total. The summed E-state index contributed by atoms with van der Waals surface area (Å²) in [4.78, 5) is 41.0. The molecule has 0 atom stereocenters. The summed E-state index contributed by atoms with van der Waals surface area (Å²) in [6, 6.07) is 18.1. The molecule has 1 amide bonds. The van der Waals surface area contributed by atoms with Crippen molar-refractivity contribution in [3.8, 4) is 0 Å². The van der Waals surface area contributed by atoms with Crippen LogP contribution in [-0.4, -0.2) is 29.3 Å². The molecule has 0 aliphatic carbocycles. The third kappa shape index (κ3) is 4.61. The van der Waals surface area contributed by atoms with E-state index in [1.54, 1.807) is 60.7 Å². The highest BCUT2D eigenvalue weighted by atomic mass is 35.5. The number of pyridine rings is 1. The fraction of sp³-hybridized carbons (Fsp3) is 0.0476. The lowest BCUT2D eigenvalue weighted by Crippen LogP contribution is -2.22. The molecule has 1 aromatic heterocycles. The average molecular weight is 395 g/mol. The fourth-order valence-electron chi connectivity index (χ4n) is 2.48. The monoisotopic (exact) mass is 394 g/mol. The van der Waals surface area contributed by atoms with E-state index in [4.69, 9.17) is 16.3 Å². The molecule has 0 unspecified atom stereocenters. The number of aromatic nitrogens is 1. The Morgan fingerprint density at radius 1 is 0.893 bits per heavy atom. The van der Waals surface area contributed by atoms with Crippen LogP contribution in [0.25, 0.3) is 0 Å². The maximum Gasteiger partial charge on any atom is 0.339 e. The van der Waals surface area contributed by atoms with E-state index < -0.39 is 18.5 Å². The Hall–Kier alpha value is -3.51. The SMILES string of the molecule is O=C(COC(=O)c1ccccc1C(=O)c1ccccc1)Nc1cccnc1Cl. The predicted octanol–water partition coefficient (Wildman–Crippen LogP) is 3.76. The van der Waals surface area contributed by atoms with Crippen molar-refractivity contribution in [2.45, 2.75) is 0 Å². The molecule has 1 heterocycles. The summed E-state index contributed by atoms with van der Waals surface area (Å²) >= 11 is 5.87. The van der Waals surface area contributed by atoms with Gasteiger partial charge in [0, 0.05) is 17.3 Å². The minimum absolute atomic E-state index is 0.0866. The summed E-state index contributed by atoms with van der Waals surface area (Å²) in [5, 5.41) is 2.63. The summed E-state index contributed by atoms with van der Waals surface area (Å²) in [7, 11) is 0. The van der Waals surface area contributed by atoms with Gasteiger partial charge in [-0.05, 0) is 18.2 Å². The van der Waals surface area contributed by atoms with Crippen LogP contribution in [0.15, 0.2) is 72.9 Å². The first-order valence-corrected chi connectivity index (χ1v) is 8.70. The zero-order valence-electron chi connectivity index (χ0n) is 14.6. The number of amides is 1. The van der Waals surface area contributed by atoms with Gasteiger partial charge in [0.2, 0.25) is 0 Å². The van der Waals surface area contributed by atoms with E-state index >= 15 is 0 Å². The van der Waals surface area contributed by atoms with Gasteiger partial charge in [0.1, 0.15) is 0 Å². The normalized spacial score (nSPS) is 10.2. The highest BCUT2D eigenvalue weighted by Gasteiger charge is 2.20. The number of hydrogen-bond acceptors (Lipinski definition) is 5. The first-order chi connectivity index (χ1) is 13.6. The number of rotatable bonds is 6. The van der Waals surface area contributed by atoms with Gasteiger partial charge in [-0.3, -0.25) is 9.59 Å². The molecule has 0 radical (unpaired) electrons. The van der Waals surface area contributed by atoms with Crippen LogP contribution in [0.1, 0.15) is 26.3 Å². The third-order valence-electron chi connectivity index (χ3n) is 3.80. The van der Waals surface area contributed by atoms with Gasteiger partial charge in [0.25, 0.3) is 5.91 Å². The number of benzene rings is 2. The van der Waals surface area contributed by atoms with Crippen LogP contribution in [0.3, 0.4) is 0 Å². The standard InChI is InChI=1S/C21H15ClN2O4/c22-20-17(11-6-12-23-20)24-18(25)13-28-21(27)16-10-5-4-9-15(16)19(26)14-7-2-1-3-8-14/h1-12H,13H2,(H,24,25). The minimum Gasteiger partial charge on any atom is -0.452 e. The van der Waals surface area contributed by atoms with Gasteiger partial charge < -0.3 is 10.1 Å². The van der Waals surface area contributed by atoms with Gasteiger partial charge in [-0.25, -0.2) is 9.78 Å². The van der Waals surface area contributed by atoms with Crippen molar-refractivity contribution < 1.29 is 19.1 Å². The number of nitrogens with one attached hydrogen (secondary N) is 1. The van der Waals surface area contributed by atoms with Crippen molar-refractivity contribution >= 4 is 34.9 Å². The molecule has 7 heteroatoms. The molecule has 0 fully saturated rings. The molecule has 0 bridgehead atoms. The third-order valence-corrected chi connectivity index (χ3v) is 4.10. The fourth-order valence-corrected chi connectivity index (χ4v) is 2.65. The molecule has 28 heavy (non-hydrogen) atoms. The smallest absolute Gasteiger partial charge is 0.339 e. The Labute approximate surface area is 166 Å². The molecule has 0 saturated heterocycles. The van der Waals surface area contributed by atoms with E-state index in [2.05, 4.69) is 10.3 Å². The summed E-state index contributed by atoms with van der Waals surface area (Å²) in [6.45, 7) is -0.530. The van der Waals surface area contributed by atoms with E-state index in [9.17, 15) is 14.4 Å². The predicted molar refractivity (Wildman–Crippen MR) is 104 cm³/mol. The zero-order valence-corrected chi connectivity index (χ0v) is 15.3. The number of carbonyl (C=O) groups is 3.